The molecule has 1 saturated heterocycles. The van der Waals surface area contributed by atoms with Crippen molar-refractivity contribution in [1.29, 1.82) is 0 Å². The molecule has 0 amide bonds. The van der Waals surface area contributed by atoms with Gasteiger partial charge in [-0.25, -0.2) is 0 Å². The Morgan fingerprint density at radius 1 is 1.24 bits per heavy atom. The summed E-state index contributed by atoms with van der Waals surface area (Å²) in [6, 6.07) is 1.53. The molecular weight excluding hydrogens is 210 g/mol. The van der Waals surface area contributed by atoms with Crippen LogP contribution in [0.3, 0.4) is 0 Å². The lowest BCUT2D eigenvalue weighted by molar-refractivity contribution is 0.0933. The number of hydrogen-bond donors (Lipinski definition) is 1. The van der Waals surface area contributed by atoms with Crippen LogP contribution in [0.15, 0.2) is 0 Å². The van der Waals surface area contributed by atoms with Gasteiger partial charge in [0, 0.05) is 31.7 Å². The van der Waals surface area contributed by atoms with Gasteiger partial charge in [0.05, 0.1) is 0 Å². The molecule has 0 aromatic rings. The van der Waals surface area contributed by atoms with Crippen LogP contribution in [0.5, 0.6) is 0 Å². The summed E-state index contributed by atoms with van der Waals surface area (Å²) in [6.07, 6.45) is 5.64. The maximum atomic E-state index is 3.49. The first-order valence-electron chi connectivity index (χ1n) is 7.30. The second kappa shape index (κ2) is 6.17. The third-order valence-corrected chi connectivity index (χ3v) is 4.79. The Labute approximate surface area is 107 Å². The van der Waals surface area contributed by atoms with Gasteiger partial charge in [0.25, 0.3) is 0 Å². The SMILES string of the molecule is CNC1CCCC1CCN1CCN(C)CC1C. The van der Waals surface area contributed by atoms with Crippen molar-refractivity contribution in [2.45, 2.75) is 44.7 Å². The first kappa shape index (κ1) is 13.3. The van der Waals surface area contributed by atoms with Crippen LogP contribution in [0.2, 0.25) is 0 Å². The molecule has 1 saturated carbocycles. The average Bonchev–Trinajstić information content (AvgIpc) is 2.75. The van der Waals surface area contributed by atoms with E-state index in [2.05, 4.69) is 36.1 Å². The molecular formula is C14H29N3. The predicted octanol–water partition coefficient (Wildman–Crippen LogP) is 1.40. The summed E-state index contributed by atoms with van der Waals surface area (Å²) in [6.45, 7) is 7.41. The maximum Gasteiger partial charge on any atom is 0.0195 e. The molecule has 3 atom stereocenters. The molecule has 0 aromatic heterocycles. The molecule has 1 heterocycles. The Balaban J connectivity index is 1.74. The molecule has 0 spiro atoms. The number of rotatable bonds is 4. The number of hydrogen-bond acceptors (Lipinski definition) is 3. The second-order valence-corrected chi connectivity index (χ2v) is 6.02. The minimum Gasteiger partial charge on any atom is -0.317 e. The molecule has 3 unspecified atom stereocenters. The number of nitrogens with one attached hydrogen (secondary N) is 1. The molecule has 1 aliphatic carbocycles. The van der Waals surface area contributed by atoms with Gasteiger partial charge >= 0.3 is 0 Å². The topological polar surface area (TPSA) is 18.5 Å². The summed E-state index contributed by atoms with van der Waals surface area (Å²) in [4.78, 5) is 5.14. The van der Waals surface area contributed by atoms with Crippen molar-refractivity contribution in [3.8, 4) is 0 Å². The molecule has 0 radical (unpaired) electrons. The summed E-state index contributed by atoms with van der Waals surface area (Å²) in [5.74, 6) is 0.923. The largest absolute Gasteiger partial charge is 0.317 e. The number of piperazine rings is 1. The second-order valence-electron chi connectivity index (χ2n) is 6.02. The van der Waals surface area contributed by atoms with Crippen LogP contribution in [0.1, 0.15) is 32.6 Å². The first-order chi connectivity index (χ1) is 8.20. The molecule has 17 heavy (non-hydrogen) atoms. The molecule has 0 aromatic carbocycles. The molecule has 0 bridgehead atoms. The first-order valence-corrected chi connectivity index (χ1v) is 7.30. The van der Waals surface area contributed by atoms with Gasteiger partial charge in [0.15, 0.2) is 0 Å². The highest BCUT2D eigenvalue weighted by Gasteiger charge is 2.27. The van der Waals surface area contributed by atoms with Gasteiger partial charge < -0.3 is 10.2 Å². The molecule has 2 aliphatic rings. The van der Waals surface area contributed by atoms with E-state index in [0.29, 0.717) is 0 Å². The van der Waals surface area contributed by atoms with Gasteiger partial charge in [0.1, 0.15) is 0 Å². The molecule has 2 fully saturated rings. The Morgan fingerprint density at radius 2 is 2.06 bits per heavy atom. The summed E-state index contributed by atoms with van der Waals surface area (Å²) in [7, 11) is 4.36. The molecule has 1 aliphatic heterocycles. The van der Waals surface area contributed by atoms with Crippen LogP contribution in [-0.4, -0.2) is 62.2 Å². The van der Waals surface area contributed by atoms with Crippen molar-refractivity contribution < 1.29 is 0 Å². The van der Waals surface area contributed by atoms with Crippen LogP contribution in [0.25, 0.3) is 0 Å². The zero-order valence-electron chi connectivity index (χ0n) is 11.8. The van der Waals surface area contributed by atoms with Crippen LogP contribution in [0, 0.1) is 5.92 Å². The van der Waals surface area contributed by atoms with Crippen molar-refractivity contribution in [3.63, 3.8) is 0 Å². The van der Waals surface area contributed by atoms with E-state index in [0.717, 1.165) is 18.0 Å². The quantitative estimate of drug-likeness (QED) is 0.800. The Morgan fingerprint density at radius 3 is 2.76 bits per heavy atom. The predicted molar refractivity (Wildman–Crippen MR) is 73.3 cm³/mol. The van der Waals surface area contributed by atoms with E-state index in [9.17, 15) is 0 Å². The Kier molecular flexibility index (Phi) is 4.83. The smallest absolute Gasteiger partial charge is 0.0195 e. The van der Waals surface area contributed by atoms with E-state index >= 15 is 0 Å². The minimum atomic E-state index is 0.739. The minimum absolute atomic E-state index is 0.739. The van der Waals surface area contributed by atoms with E-state index in [4.69, 9.17) is 0 Å². The van der Waals surface area contributed by atoms with Crippen molar-refractivity contribution in [2.24, 2.45) is 5.92 Å². The highest BCUT2D eigenvalue weighted by molar-refractivity contribution is 4.84. The fraction of sp³-hybridized carbons (Fsp3) is 1.00. The van der Waals surface area contributed by atoms with Gasteiger partial charge in [-0.2, -0.15) is 0 Å². The lowest BCUT2D eigenvalue weighted by atomic mass is 9.98. The fourth-order valence-corrected chi connectivity index (χ4v) is 3.60. The Hall–Kier alpha value is -0.120. The van der Waals surface area contributed by atoms with E-state index < -0.39 is 0 Å². The standard InChI is InChI=1S/C14H29N3/c1-12-11-16(3)9-10-17(12)8-7-13-5-4-6-14(13)15-2/h12-15H,4-11H2,1-3H3. The van der Waals surface area contributed by atoms with Crippen LogP contribution in [0.4, 0.5) is 0 Å². The monoisotopic (exact) mass is 239 g/mol. The van der Waals surface area contributed by atoms with E-state index in [-0.39, 0.29) is 0 Å². The van der Waals surface area contributed by atoms with Crippen molar-refractivity contribution in [1.82, 2.24) is 15.1 Å². The zero-order valence-corrected chi connectivity index (χ0v) is 11.8. The summed E-state index contributed by atoms with van der Waals surface area (Å²) < 4.78 is 0. The molecule has 3 heteroatoms. The van der Waals surface area contributed by atoms with Crippen LogP contribution < -0.4 is 5.32 Å². The van der Waals surface area contributed by atoms with Crippen LogP contribution >= 0.6 is 0 Å². The molecule has 100 valence electrons. The highest BCUT2D eigenvalue weighted by Crippen LogP contribution is 2.28. The maximum absolute atomic E-state index is 3.49. The third-order valence-electron chi connectivity index (χ3n) is 4.79. The Bertz CT molecular complexity index is 232. The molecule has 2 rings (SSSR count). The van der Waals surface area contributed by atoms with Gasteiger partial charge in [-0.05, 0) is 52.7 Å². The zero-order chi connectivity index (χ0) is 12.3. The lowest BCUT2D eigenvalue weighted by Crippen LogP contribution is -2.51. The van der Waals surface area contributed by atoms with Crippen molar-refractivity contribution in [2.75, 3.05) is 40.3 Å². The normalized spacial score (nSPS) is 36.5. The van der Waals surface area contributed by atoms with Gasteiger partial charge in [0.2, 0.25) is 0 Å². The molecule has 3 nitrogen and oxygen atoms in total. The van der Waals surface area contributed by atoms with E-state index in [1.165, 1.54) is 51.9 Å². The average molecular weight is 239 g/mol. The van der Waals surface area contributed by atoms with Crippen molar-refractivity contribution in [3.05, 3.63) is 0 Å². The van der Waals surface area contributed by atoms with E-state index in [1.54, 1.807) is 0 Å². The summed E-state index contributed by atoms with van der Waals surface area (Å²) in [5, 5.41) is 3.49. The lowest BCUT2D eigenvalue weighted by Gasteiger charge is -2.39. The summed E-state index contributed by atoms with van der Waals surface area (Å²) >= 11 is 0. The highest BCUT2D eigenvalue weighted by atomic mass is 15.3. The number of nitrogens with zero attached hydrogens (tertiary/aromatic N) is 2. The van der Waals surface area contributed by atoms with Crippen molar-refractivity contribution >= 4 is 0 Å². The van der Waals surface area contributed by atoms with Crippen LogP contribution in [-0.2, 0) is 0 Å². The van der Waals surface area contributed by atoms with E-state index in [1.807, 2.05) is 0 Å². The van der Waals surface area contributed by atoms with Gasteiger partial charge in [-0.3, -0.25) is 4.90 Å². The van der Waals surface area contributed by atoms with Gasteiger partial charge in [-0.15, -0.1) is 0 Å². The van der Waals surface area contributed by atoms with Gasteiger partial charge in [-0.1, -0.05) is 6.42 Å². The molecule has 1 N–H and O–H groups in total. The summed E-state index contributed by atoms with van der Waals surface area (Å²) in [5.41, 5.74) is 0. The third kappa shape index (κ3) is 3.43. The number of likely N-dealkylation sites (N-methyl/N-ethyl adjacent to an activating group) is 1. The fourth-order valence-electron chi connectivity index (χ4n) is 3.60.